The molecule has 0 saturated heterocycles. The summed E-state index contributed by atoms with van der Waals surface area (Å²) in [6, 6.07) is 0. The molecule has 1 aromatic rings. The average molecular weight is 239 g/mol. The number of carbonyl (C=O) groups is 1. The Morgan fingerprint density at radius 2 is 2.50 bits per heavy atom. The molecule has 0 bridgehead atoms. The average Bonchev–Trinajstić information content (AvgIpc) is 2.64. The maximum absolute atomic E-state index is 11.6. The maximum atomic E-state index is 11.6. The van der Waals surface area contributed by atoms with E-state index in [4.69, 9.17) is 0 Å². The lowest BCUT2D eigenvalue weighted by atomic mass is 10.4. The number of amides is 1. The van der Waals surface area contributed by atoms with Gasteiger partial charge >= 0.3 is 0 Å². The Balaban J connectivity index is 2.36. The predicted molar refractivity (Wildman–Crippen MR) is 66.4 cm³/mol. The van der Waals surface area contributed by atoms with Gasteiger partial charge in [0.2, 0.25) is 5.91 Å². The molecule has 1 N–H and O–H groups in total. The fourth-order valence-electron chi connectivity index (χ4n) is 1.22. The highest BCUT2D eigenvalue weighted by Gasteiger charge is 2.09. The van der Waals surface area contributed by atoms with Crippen molar-refractivity contribution in [2.45, 2.75) is 13.5 Å². The van der Waals surface area contributed by atoms with Crippen LogP contribution in [-0.4, -0.2) is 35.9 Å². The van der Waals surface area contributed by atoms with Crippen molar-refractivity contribution in [2.75, 3.05) is 20.1 Å². The SMILES string of the molecule is C=CCNCC(=O)N(C)Cc1cnc(C)s1. The number of hydrogen-bond donors (Lipinski definition) is 1. The second-order valence-corrected chi connectivity index (χ2v) is 4.83. The van der Waals surface area contributed by atoms with Gasteiger partial charge in [0, 0.05) is 24.7 Å². The third kappa shape index (κ3) is 4.12. The van der Waals surface area contributed by atoms with E-state index in [1.54, 1.807) is 29.4 Å². The molecule has 1 rings (SSSR count). The van der Waals surface area contributed by atoms with Gasteiger partial charge < -0.3 is 10.2 Å². The molecule has 0 aliphatic rings. The van der Waals surface area contributed by atoms with E-state index in [2.05, 4.69) is 16.9 Å². The van der Waals surface area contributed by atoms with E-state index < -0.39 is 0 Å². The van der Waals surface area contributed by atoms with Crippen LogP contribution in [0.15, 0.2) is 18.9 Å². The van der Waals surface area contributed by atoms with E-state index >= 15 is 0 Å². The van der Waals surface area contributed by atoms with Gasteiger partial charge in [-0.15, -0.1) is 17.9 Å². The third-order valence-electron chi connectivity index (χ3n) is 2.05. The van der Waals surface area contributed by atoms with Crippen LogP contribution in [0.4, 0.5) is 0 Å². The minimum Gasteiger partial charge on any atom is -0.339 e. The van der Waals surface area contributed by atoms with Crippen molar-refractivity contribution in [3.05, 3.63) is 28.7 Å². The standard InChI is InChI=1S/C11H17N3OS/c1-4-5-12-7-11(15)14(3)8-10-6-13-9(2)16-10/h4,6,12H,1,5,7-8H2,2-3H3. The van der Waals surface area contributed by atoms with Gasteiger partial charge in [-0.25, -0.2) is 4.98 Å². The van der Waals surface area contributed by atoms with Gasteiger partial charge in [-0.3, -0.25) is 4.79 Å². The Morgan fingerprint density at radius 3 is 3.06 bits per heavy atom. The lowest BCUT2D eigenvalue weighted by Crippen LogP contribution is -2.35. The first-order valence-electron chi connectivity index (χ1n) is 5.10. The van der Waals surface area contributed by atoms with Crippen LogP contribution < -0.4 is 5.32 Å². The molecular weight excluding hydrogens is 222 g/mol. The van der Waals surface area contributed by atoms with Gasteiger partial charge in [-0.1, -0.05) is 6.08 Å². The van der Waals surface area contributed by atoms with Crippen LogP contribution in [0.25, 0.3) is 0 Å². The van der Waals surface area contributed by atoms with Crippen molar-refractivity contribution < 1.29 is 4.79 Å². The van der Waals surface area contributed by atoms with E-state index in [1.807, 2.05) is 13.1 Å². The minimum atomic E-state index is 0.0768. The lowest BCUT2D eigenvalue weighted by molar-refractivity contribution is -0.129. The molecule has 0 unspecified atom stereocenters. The second-order valence-electron chi connectivity index (χ2n) is 3.51. The molecule has 0 saturated carbocycles. The number of rotatable bonds is 6. The van der Waals surface area contributed by atoms with Gasteiger partial charge in [0.15, 0.2) is 0 Å². The van der Waals surface area contributed by atoms with Gasteiger partial charge in [0.1, 0.15) is 0 Å². The first kappa shape index (κ1) is 12.9. The molecule has 0 atom stereocenters. The molecule has 4 nitrogen and oxygen atoms in total. The fourth-order valence-corrected chi connectivity index (χ4v) is 2.06. The summed E-state index contributed by atoms with van der Waals surface area (Å²) in [5.41, 5.74) is 0. The van der Waals surface area contributed by atoms with Crippen LogP contribution in [0.3, 0.4) is 0 Å². The predicted octanol–water partition coefficient (Wildman–Crippen LogP) is 1.19. The summed E-state index contributed by atoms with van der Waals surface area (Å²) in [5.74, 6) is 0.0768. The lowest BCUT2D eigenvalue weighted by Gasteiger charge is -2.15. The molecule has 0 aliphatic heterocycles. The van der Waals surface area contributed by atoms with E-state index in [9.17, 15) is 4.79 Å². The highest BCUT2D eigenvalue weighted by molar-refractivity contribution is 7.11. The van der Waals surface area contributed by atoms with Crippen LogP contribution in [-0.2, 0) is 11.3 Å². The Bertz CT molecular complexity index is 362. The summed E-state index contributed by atoms with van der Waals surface area (Å²) >= 11 is 1.62. The summed E-state index contributed by atoms with van der Waals surface area (Å²) < 4.78 is 0. The van der Waals surface area contributed by atoms with Crippen molar-refractivity contribution in [3.8, 4) is 0 Å². The molecule has 0 fully saturated rings. The normalized spacial score (nSPS) is 10.1. The largest absolute Gasteiger partial charge is 0.339 e. The van der Waals surface area contributed by atoms with Crippen molar-refractivity contribution in [1.29, 1.82) is 0 Å². The van der Waals surface area contributed by atoms with Crippen LogP contribution in [0, 0.1) is 6.92 Å². The summed E-state index contributed by atoms with van der Waals surface area (Å²) in [7, 11) is 1.80. The van der Waals surface area contributed by atoms with Crippen LogP contribution >= 0.6 is 11.3 Å². The van der Waals surface area contributed by atoms with Crippen LogP contribution in [0.5, 0.6) is 0 Å². The molecule has 0 radical (unpaired) electrons. The molecular formula is C11H17N3OS. The second kappa shape index (κ2) is 6.40. The van der Waals surface area contributed by atoms with Crippen molar-refractivity contribution in [1.82, 2.24) is 15.2 Å². The summed E-state index contributed by atoms with van der Waals surface area (Å²) in [4.78, 5) is 18.6. The maximum Gasteiger partial charge on any atom is 0.236 e. The Labute approximate surface area is 100.0 Å². The number of aryl methyl sites for hydroxylation is 1. The molecule has 1 aromatic heterocycles. The summed E-state index contributed by atoms with van der Waals surface area (Å²) in [6.07, 6.45) is 3.56. The van der Waals surface area contributed by atoms with Gasteiger partial charge in [0.25, 0.3) is 0 Å². The first-order valence-corrected chi connectivity index (χ1v) is 5.92. The number of aromatic nitrogens is 1. The number of likely N-dealkylation sites (N-methyl/N-ethyl adjacent to an activating group) is 1. The molecule has 1 heterocycles. The number of nitrogens with zero attached hydrogens (tertiary/aromatic N) is 2. The number of carbonyl (C=O) groups excluding carboxylic acids is 1. The van der Waals surface area contributed by atoms with E-state index in [1.165, 1.54) is 0 Å². The molecule has 0 spiro atoms. The van der Waals surface area contributed by atoms with Crippen molar-refractivity contribution in [3.63, 3.8) is 0 Å². The van der Waals surface area contributed by atoms with E-state index in [-0.39, 0.29) is 5.91 Å². The topological polar surface area (TPSA) is 45.2 Å². The smallest absolute Gasteiger partial charge is 0.236 e. The monoisotopic (exact) mass is 239 g/mol. The zero-order valence-corrected chi connectivity index (χ0v) is 10.5. The third-order valence-corrected chi connectivity index (χ3v) is 2.95. The zero-order chi connectivity index (χ0) is 12.0. The van der Waals surface area contributed by atoms with E-state index in [0.29, 0.717) is 19.6 Å². The Hall–Kier alpha value is -1.20. The number of thiazole rings is 1. The molecule has 5 heteroatoms. The fraction of sp³-hybridized carbons (Fsp3) is 0.455. The van der Waals surface area contributed by atoms with Gasteiger partial charge in [-0.2, -0.15) is 0 Å². The van der Waals surface area contributed by atoms with Crippen molar-refractivity contribution >= 4 is 17.2 Å². The zero-order valence-electron chi connectivity index (χ0n) is 9.69. The summed E-state index contributed by atoms with van der Waals surface area (Å²) in [6.45, 7) is 7.16. The molecule has 1 amide bonds. The van der Waals surface area contributed by atoms with Gasteiger partial charge in [0.05, 0.1) is 18.1 Å². The van der Waals surface area contributed by atoms with Gasteiger partial charge in [-0.05, 0) is 6.92 Å². The highest BCUT2D eigenvalue weighted by atomic mass is 32.1. The van der Waals surface area contributed by atoms with Crippen LogP contribution in [0.2, 0.25) is 0 Å². The van der Waals surface area contributed by atoms with E-state index in [0.717, 1.165) is 9.88 Å². The van der Waals surface area contributed by atoms with Crippen molar-refractivity contribution in [2.24, 2.45) is 0 Å². The highest BCUT2D eigenvalue weighted by Crippen LogP contribution is 2.13. The first-order chi connectivity index (χ1) is 7.63. The Morgan fingerprint density at radius 1 is 1.75 bits per heavy atom. The summed E-state index contributed by atoms with van der Waals surface area (Å²) in [5, 5.41) is 4.01. The molecule has 0 aromatic carbocycles. The number of nitrogens with one attached hydrogen (secondary N) is 1. The molecule has 0 aliphatic carbocycles. The minimum absolute atomic E-state index is 0.0768. The van der Waals surface area contributed by atoms with Crippen LogP contribution in [0.1, 0.15) is 9.88 Å². The molecule has 16 heavy (non-hydrogen) atoms. The Kier molecular flexibility index (Phi) is 5.14. The quantitative estimate of drug-likeness (QED) is 0.599. The molecule has 88 valence electrons. The number of hydrogen-bond acceptors (Lipinski definition) is 4.